The summed E-state index contributed by atoms with van der Waals surface area (Å²) in [6, 6.07) is 3.57. The molecular weight excluding hydrogens is 332 g/mol. The highest BCUT2D eigenvalue weighted by Crippen LogP contribution is 2.49. The van der Waals surface area contributed by atoms with E-state index in [-0.39, 0.29) is 30.1 Å². The fraction of sp³-hybridized carbons (Fsp3) is 0.350. The molecule has 0 saturated carbocycles. The van der Waals surface area contributed by atoms with E-state index in [1.807, 2.05) is 38.6 Å². The number of fused-ring (bicyclic) bond motifs is 3. The van der Waals surface area contributed by atoms with Gasteiger partial charge in [-0.25, -0.2) is 0 Å². The standard InChI is InChI=1S/C20H20N2O4/c1-10(2)19-18(24)13-5-6-15-17(20(13)26-19)14(7-16(23)25-15)12-8-21-22(9-12)11(3)4/h5-6,8-9,11,14H,7H2,1-4H3/t14-/m0/s1. The van der Waals surface area contributed by atoms with Crippen LogP contribution in [0, 0.1) is 0 Å². The number of ketones is 1. The van der Waals surface area contributed by atoms with Gasteiger partial charge in [0.25, 0.3) is 0 Å². The molecule has 0 unspecified atom stereocenters. The van der Waals surface area contributed by atoms with Gasteiger partial charge in [-0.3, -0.25) is 14.3 Å². The van der Waals surface area contributed by atoms with E-state index >= 15 is 0 Å². The molecule has 0 N–H and O–H groups in total. The number of nitrogens with zero attached hydrogens (tertiary/aromatic N) is 2. The lowest BCUT2D eigenvalue weighted by Crippen LogP contribution is -2.21. The van der Waals surface area contributed by atoms with Gasteiger partial charge in [-0.05, 0) is 51.0 Å². The van der Waals surface area contributed by atoms with E-state index in [2.05, 4.69) is 5.10 Å². The van der Waals surface area contributed by atoms with E-state index in [0.29, 0.717) is 22.8 Å². The maximum atomic E-state index is 12.6. The molecule has 0 amide bonds. The minimum Gasteiger partial charge on any atom is -0.452 e. The lowest BCUT2D eigenvalue weighted by Gasteiger charge is -2.25. The second kappa shape index (κ2) is 5.83. The van der Waals surface area contributed by atoms with Crippen molar-refractivity contribution in [2.45, 2.75) is 46.1 Å². The highest BCUT2D eigenvalue weighted by Gasteiger charge is 2.39. The Balaban J connectivity index is 1.88. The Hall–Kier alpha value is -2.89. The zero-order valence-electron chi connectivity index (χ0n) is 15.2. The average Bonchev–Trinajstić information content (AvgIpc) is 3.19. The maximum absolute atomic E-state index is 12.6. The van der Waals surface area contributed by atoms with Crippen LogP contribution in [-0.4, -0.2) is 21.5 Å². The molecule has 6 heteroatoms. The average molecular weight is 352 g/mol. The Bertz CT molecular complexity index is 964. The summed E-state index contributed by atoms with van der Waals surface area (Å²) >= 11 is 0. The zero-order valence-corrected chi connectivity index (χ0v) is 15.2. The summed E-state index contributed by atoms with van der Waals surface area (Å²) in [5.41, 5.74) is 2.98. The van der Waals surface area contributed by atoms with E-state index in [1.165, 1.54) is 0 Å². The number of hydrogen-bond acceptors (Lipinski definition) is 5. The van der Waals surface area contributed by atoms with Gasteiger partial charge in [0.2, 0.25) is 5.78 Å². The molecule has 1 aromatic carbocycles. The van der Waals surface area contributed by atoms with Crippen molar-refractivity contribution in [2.75, 3.05) is 0 Å². The molecule has 0 radical (unpaired) electrons. The van der Waals surface area contributed by atoms with E-state index in [0.717, 1.165) is 16.7 Å². The molecule has 2 aliphatic heterocycles. The Kier molecular flexibility index (Phi) is 3.72. The molecule has 1 aromatic heterocycles. The summed E-state index contributed by atoms with van der Waals surface area (Å²) in [6.07, 6.45) is 3.90. The third kappa shape index (κ3) is 2.44. The first-order chi connectivity index (χ1) is 12.4. The lowest BCUT2D eigenvalue weighted by molar-refractivity contribution is -0.135. The van der Waals surface area contributed by atoms with Crippen molar-refractivity contribution in [1.82, 2.24) is 9.78 Å². The van der Waals surface area contributed by atoms with E-state index in [1.54, 1.807) is 18.3 Å². The predicted octanol–water partition coefficient (Wildman–Crippen LogP) is 3.77. The van der Waals surface area contributed by atoms with Gasteiger partial charge in [0.05, 0.1) is 18.2 Å². The minimum atomic E-state index is -0.300. The summed E-state index contributed by atoms with van der Waals surface area (Å²) in [6.45, 7) is 7.77. The molecular formula is C20H20N2O4. The van der Waals surface area contributed by atoms with Crippen LogP contribution in [0.1, 0.15) is 67.6 Å². The van der Waals surface area contributed by atoms with E-state index in [9.17, 15) is 9.59 Å². The van der Waals surface area contributed by atoms with Crippen molar-refractivity contribution in [2.24, 2.45) is 0 Å². The summed E-state index contributed by atoms with van der Waals surface area (Å²) in [5.74, 6) is 0.617. The van der Waals surface area contributed by atoms with Crippen LogP contribution in [0.5, 0.6) is 11.5 Å². The summed E-state index contributed by atoms with van der Waals surface area (Å²) in [7, 11) is 0. The summed E-state index contributed by atoms with van der Waals surface area (Å²) in [5, 5.41) is 4.39. The third-order valence-corrected chi connectivity index (χ3v) is 4.76. The normalized spacial score (nSPS) is 18.5. The highest BCUT2D eigenvalue weighted by atomic mass is 16.5. The van der Waals surface area contributed by atoms with Crippen LogP contribution in [-0.2, 0) is 4.79 Å². The van der Waals surface area contributed by atoms with Gasteiger partial charge in [-0.15, -0.1) is 0 Å². The van der Waals surface area contributed by atoms with Crippen molar-refractivity contribution < 1.29 is 19.1 Å². The fourth-order valence-electron chi connectivity index (χ4n) is 3.42. The van der Waals surface area contributed by atoms with Crippen LogP contribution in [0.15, 0.2) is 35.9 Å². The number of rotatable bonds is 2. The molecule has 2 aliphatic rings. The van der Waals surface area contributed by atoms with Gasteiger partial charge in [0, 0.05) is 23.7 Å². The predicted molar refractivity (Wildman–Crippen MR) is 94.5 cm³/mol. The van der Waals surface area contributed by atoms with Gasteiger partial charge in [-0.1, -0.05) is 0 Å². The quantitative estimate of drug-likeness (QED) is 0.467. The second-order valence-corrected chi connectivity index (χ2v) is 7.19. The number of ether oxygens (including phenoxy) is 2. The third-order valence-electron chi connectivity index (χ3n) is 4.76. The number of carbonyl (C=O) groups excluding carboxylic acids is 2. The van der Waals surface area contributed by atoms with Crippen LogP contribution < -0.4 is 9.47 Å². The minimum absolute atomic E-state index is 0.128. The SMILES string of the molecule is CC(C)=C1Oc2c(ccc3c2[C@H](c2cnn(C(C)C)c2)CC(=O)O3)C1=O. The van der Waals surface area contributed by atoms with Crippen LogP contribution in [0.25, 0.3) is 0 Å². The molecule has 3 heterocycles. The number of hydrogen-bond donors (Lipinski definition) is 0. The van der Waals surface area contributed by atoms with Gasteiger partial charge in [0.1, 0.15) is 11.5 Å². The van der Waals surface area contributed by atoms with Gasteiger partial charge in [0.15, 0.2) is 5.76 Å². The topological polar surface area (TPSA) is 70.4 Å². The first-order valence-electron chi connectivity index (χ1n) is 8.68. The number of Topliss-reactive ketones (excluding diaryl/α,β-unsaturated/α-hetero) is 1. The molecule has 26 heavy (non-hydrogen) atoms. The van der Waals surface area contributed by atoms with E-state index < -0.39 is 0 Å². The fourth-order valence-corrected chi connectivity index (χ4v) is 3.42. The molecule has 1 atom stereocenters. The van der Waals surface area contributed by atoms with Gasteiger partial charge in [-0.2, -0.15) is 5.10 Å². The monoisotopic (exact) mass is 352 g/mol. The Morgan fingerprint density at radius 1 is 1.23 bits per heavy atom. The largest absolute Gasteiger partial charge is 0.452 e. The summed E-state index contributed by atoms with van der Waals surface area (Å²) in [4.78, 5) is 24.7. The van der Waals surface area contributed by atoms with Crippen LogP contribution in [0.3, 0.4) is 0 Å². The molecule has 0 fully saturated rings. The molecule has 134 valence electrons. The van der Waals surface area contributed by atoms with Crippen molar-refractivity contribution in [1.29, 1.82) is 0 Å². The highest BCUT2D eigenvalue weighted by molar-refractivity contribution is 6.13. The lowest BCUT2D eigenvalue weighted by atomic mass is 9.86. The molecule has 0 spiro atoms. The molecule has 0 bridgehead atoms. The molecule has 0 saturated heterocycles. The van der Waals surface area contributed by atoms with Crippen molar-refractivity contribution in [3.63, 3.8) is 0 Å². The Labute approximate surface area is 151 Å². The number of carbonyl (C=O) groups is 2. The smallest absolute Gasteiger partial charge is 0.312 e. The Morgan fingerprint density at radius 2 is 2.00 bits per heavy atom. The second-order valence-electron chi connectivity index (χ2n) is 7.19. The van der Waals surface area contributed by atoms with E-state index in [4.69, 9.17) is 9.47 Å². The van der Waals surface area contributed by atoms with Crippen molar-refractivity contribution in [3.8, 4) is 11.5 Å². The molecule has 6 nitrogen and oxygen atoms in total. The number of allylic oxidation sites excluding steroid dienone is 2. The number of benzene rings is 1. The Morgan fingerprint density at radius 3 is 2.65 bits per heavy atom. The number of aromatic nitrogens is 2. The van der Waals surface area contributed by atoms with Crippen molar-refractivity contribution in [3.05, 3.63) is 52.5 Å². The first-order valence-corrected chi connectivity index (χ1v) is 8.68. The van der Waals surface area contributed by atoms with Crippen LogP contribution in [0.2, 0.25) is 0 Å². The van der Waals surface area contributed by atoms with Crippen molar-refractivity contribution >= 4 is 11.8 Å². The molecule has 2 aromatic rings. The zero-order chi connectivity index (χ0) is 18.6. The molecule has 4 rings (SSSR count). The van der Waals surface area contributed by atoms with Gasteiger partial charge < -0.3 is 9.47 Å². The van der Waals surface area contributed by atoms with Crippen LogP contribution in [0.4, 0.5) is 0 Å². The maximum Gasteiger partial charge on any atom is 0.312 e. The molecule has 0 aliphatic carbocycles. The van der Waals surface area contributed by atoms with Gasteiger partial charge >= 0.3 is 5.97 Å². The number of esters is 1. The van der Waals surface area contributed by atoms with Crippen LogP contribution >= 0.6 is 0 Å². The summed E-state index contributed by atoms with van der Waals surface area (Å²) < 4.78 is 13.2. The first kappa shape index (κ1) is 16.6.